The van der Waals surface area contributed by atoms with Crippen molar-refractivity contribution in [2.45, 2.75) is 77.6 Å². The molecule has 0 saturated heterocycles. The van der Waals surface area contributed by atoms with Crippen LogP contribution in [0.25, 0.3) is 0 Å². The minimum absolute atomic E-state index is 0.00816. The Balaban J connectivity index is 1.94. The van der Waals surface area contributed by atoms with Crippen molar-refractivity contribution in [3.05, 3.63) is 6.42 Å². The summed E-state index contributed by atoms with van der Waals surface area (Å²) < 4.78 is 0. The van der Waals surface area contributed by atoms with E-state index < -0.39 is 28.6 Å². The van der Waals surface area contributed by atoms with Gasteiger partial charge in [-0.1, -0.05) is 34.1 Å². The number of aliphatic hydroxyl groups is 3. The topological polar surface area (TPSA) is 77.8 Å². The molecule has 4 aliphatic rings. The summed E-state index contributed by atoms with van der Waals surface area (Å²) in [5.41, 5.74) is -3.35. The van der Waals surface area contributed by atoms with E-state index in [0.717, 1.165) is 19.3 Å². The van der Waals surface area contributed by atoms with Crippen LogP contribution in [0.4, 0.5) is 0 Å². The van der Waals surface area contributed by atoms with Crippen molar-refractivity contribution in [3.63, 3.8) is 0 Å². The fraction of sp³-hybridized carbons (Fsp3) is 0.900. The molecule has 24 heavy (non-hydrogen) atoms. The molecule has 0 unspecified atom stereocenters. The molecule has 0 aromatic carbocycles. The quantitative estimate of drug-likeness (QED) is 0.593. The lowest BCUT2D eigenvalue weighted by Crippen LogP contribution is -2.77. The molecule has 4 nitrogen and oxygen atoms in total. The summed E-state index contributed by atoms with van der Waals surface area (Å²) in [6.07, 6.45) is 3.90. The van der Waals surface area contributed by atoms with Gasteiger partial charge in [0.05, 0.1) is 18.6 Å². The predicted molar refractivity (Wildman–Crippen MR) is 89.8 cm³/mol. The largest absolute Gasteiger partial charge is 0.392 e. The maximum atomic E-state index is 13.2. The maximum Gasteiger partial charge on any atom is 0.227 e. The zero-order valence-corrected chi connectivity index (χ0v) is 15.2. The Labute approximate surface area is 144 Å². The van der Waals surface area contributed by atoms with Crippen LogP contribution < -0.4 is 0 Å². The Morgan fingerprint density at radius 2 is 1.83 bits per heavy atom. The molecule has 1 spiro atoms. The summed E-state index contributed by atoms with van der Waals surface area (Å²) >= 11 is 0. The lowest BCUT2D eigenvalue weighted by Gasteiger charge is -2.65. The number of Topliss-reactive ketones (excluding diaryl/α,β-unsaturated/α-hetero) is 1. The first-order chi connectivity index (χ1) is 11.0. The molecule has 2 bridgehead atoms. The second kappa shape index (κ2) is 4.57. The third-order valence-electron chi connectivity index (χ3n) is 8.74. The molecule has 8 atom stereocenters. The minimum atomic E-state index is -1.44. The van der Waals surface area contributed by atoms with Crippen LogP contribution in [0.1, 0.15) is 59.8 Å². The molecule has 0 aromatic heterocycles. The van der Waals surface area contributed by atoms with Crippen LogP contribution in [0.3, 0.4) is 0 Å². The van der Waals surface area contributed by atoms with Crippen molar-refractivity contribution in [3.8, 4) is 0 Å². The van der Waals surface area contributed by atoms with E-state index >= 15 is 0 Å². The van der Waals surface area contributed by atoms with Gasteiger partial charge in [0.2, 0.25) is 5.60 Å². The normalized spacial score (nSPS) is 58.6. The van der Waals surface area contributed by atoms with E-state index in [0.29, 0.717) is 12.8 Å². The number of carbonyl (C=O) groups is 1. The highest BCUT2D eigenvalue weighted by Gasteiger charge is 2.85. The Bertz CT molecular complexity index is 586. The van der Waals surface area contributed by atoms with Gasteiger partial charge < -0.3 is 15.3 Å². The molecular weight excluding hydrogens is 304 g/mol. The first kappa shape index (κ1) is 16.9. The van der Waals surface area contributed by atoms with E-state index in [4.69, 9.17) is 0 Å². The minimum Gasteiger partial charge on any atom is -0.392 e. The van der Waals surface area contributed by atoms with Crippen molar-refractivity contribution in [1.29, 1.82) is 0 Å². The molecule has 4 rings (SSSR count). The second-order valence-electron chi connectivity index (χ2n) is 9.90. The van der Waals surface area contributed by atoms with E-state index in [1.165, 1.54) is 0 Å². The van der Waals surface area contributed by atoms with Gasteiger partial charge in [-0.2, -0.15) is 0 Å². The number of ketones is 1. The number of hydrogen-bond acceptors (Lipinski definition) is 4. The van der Waals surface area contributed by atoms with Gasteiger partial charge in [0, 0.05) is 17.3 Å². The lowest BCUT2D eigenvalue weighted by molar-refractivity contribution is -0.287. The molecule has 0 amide bonds. The van der Waals surface area contributed by atoms with Crippen LogP contribution in [0.15, 0.2) is 0 Å². The first-order valence-corrected chi connectivity index (χ1v) is 9.51. The summed E-state index contributed by atoms with van der Waals surface area (Å²) in [5, 5.41) is 34.2. The zero-order chi connectivity index (χ0) is 17.7. The average molecular weight is 335 g/mol. The zero-order valence-electron chi connectivity index (χ0n) is 15.2. The monoisotopic (exact) mass is 335 g/mol. The van der Waals surface area contributed by atoms with Gasteiger partial charge in [-0.25, -0.2) is 0 Å². The van der Waals surface area contributed by atoms with Gasteiger partial charge in [-0.05, 0) is 30.6 Å². The molecule has 0 aromatic rings. The number of carbonyl (C=O) groups excluding carboxylic acids is 1. The number of rotatable bonds is 0. The van der Waals surface area contributed by atoms with Gasteiger partial charge in [-0.3, -0.25) is 4.79 Å². The molecule has 0 heterocycles. The van der Waals surface area contributed by atoms with E-state index in [9.17, 15) is 20.1 Å². The molecule has 4 saturated carbocycles. The van der Waals surface area contributed by atoms with Crippen molar-refractivity contribution in [2.75, 3.05) is 0 Å². The third kappa shape index (κ3) is 1.49. The summed E-state index contributed by atoms with van der Waals surface area (Å²) in [6, 6.07) is 0. The van der Waals surface area contributed by atoms with E-state index in [1.807, 2.05) is 13.3 Å². The Morgan fingerprint density at radius 3 is 2.50 bits per heavy atom. The van der Waals surface area contributed by atoms with Crippen LogP contribution in [0.5, 0.6) is 0 Å². The fourth-order valence-corrected chi connectivity index (χ4v) is 7.44. The molecule has 4 fully saturated rings. The van der Waals surface area contributed by atoms with Crippen LogP contribution in [-0.2, 0) is 4.79 Å². The molecule has 0 aliphatic heterocycles. The van der Waals surface area contributed by atoms with Crippen molar-refractivity contribution >= 4 is 5.78 Å². The van der Waals surface area contributed by atoms with Gasteiger partial charge in [-0.15, -0.1) is 0 Å². The summed E-state index contributed by atoms with van der Waals surface area (Å²) in [5.74, 6) is -0.485. The van der Waals surface area contributed by atoms with Crippen molar-refractivity contribution in [2.24, 2.45) is 34.0 Å². The molecule has 4 aliphatic carbocycles. The van der Waals surface area contributed by atoms with E-state index in [2.05, 4.69) is 20.8 Å². The molecule has 0 radical (unpaired) electrons. The van der Waals surface area contributed by atoms with Gasteiger partial charge in [0.25, 0.3) is 0 Å². The van der Waals surface area contributed by atoms with Crippen LogP contribution in [0.2, 0.25) is 0 Å². The van der Waals surface area contributed by atoms with Crippen LogP contribution in [0, 0.1) is 40.4 Å². The Kier molecular flexibility index (Phi) is 3.21. The van der Waals surface area contributed by atoms with Crippen molar-refractivity contribution in [1.82, 2.24) is 0 Å². The van der Waals surface area contributed by atoms with E-state index in [1.54, 1.807) is 0 Å². The number of fused-ring (bicyclic) bond motifs is 3. The Morgan fingerprint density at radius 1 is 1.17 bits per heavy atom. The number of aliphatic hydroxyl groups excluding tert-OH is 2. The standard InChI is InChI=1S/C20H31O4/c1-11-12-6-9-19(24)18(4)8-5-7-17(2,3)13(18)10-14(21)20(19,15(11)22)16(12)23/h9,11-14,16,21,23-24H,5-8,10H2,1-4H3/q+1/t11-,12+,13+,14-,16-,18+,19-,20-/m1/s1. The highest BCUT2D eigenvalue weighted by Crippen LogP contribution is 2.72. The van der Waals surface area contributed by atoms with Gasteiger partial charge in [0.15, 0.2) is 11.2 Å². The van der Waals surface area contributed by atoms with Gasteiger partial charge in [0.1, 0.15) is 6.42 Å². The smallest absolute Gasteiger partial charge is 0.227 e. The van der Waals surface area contributed by atoms with Gasteiger partial charge >= 0.3 is 0 Å². The highest BCUT2D eigenvalue weighted by atomic mass is 16.3. The molecule has 4 heteroatoms. The summed E-state index contributed by atoms with van der Waals surface area (Å²) in [7, 11) is 0. The summed E-state index contributed by atoms with van der Waals surface area (Å²) in [4.78, 5) is 13.2. The van der Waals surface area contributed by atoms with Crippen LogP contribution >= 0.6 is 0 Å². The average Bonchev–Trinajstić information content (AvgIpc) is 2.61. The molecule has 134 valence electrons. The Hall–Kier alpha value is -0.580. The first-order valence-electron chi connectivity index (χ1n) is 9.51. The summed E-state index contributed by atoms with van der Waals surface area (Å²) in [6.45, 7) is 8.36. The van der Waals surface area contributed by atoms with E-state index in [-0.39, 0.29) is 29.0 Å². The second-order valence-corrected chi connectivity index (χ2v) is 9.90. The maximum absolute atomic E-state index is 13.2. The van der Waals surface area contributed by atoms with Crippen molar-refractivity contribution < 1.29 is 20.1 Å². The number of hydrogen-bond donors (Lipinski definition) is 3. The highest BCUT2D eigenvalue weighted by molar-refractivity contribution is 5.93. The lowest BCUT2D eigenvalue weighted by atomic mass is 9.37. The predicted octanol–water partition coefficient (Wildman–Crippen LogP) is 2.10. The third-order valence-corrected chi connectivity index (χ3v) is 8.74. The van der Waals surface area contributed by atoms with Crippen LogP contribution in [-0.4, -0.2) is 38.9 Å². The SMILES string of the molecule is C[C@H]1C(=O)[C@@]23[C@H](O)C[C@H]4C(C)(C)CCC[C@]4(C)[C@]2(O)[CH+]C[C@@H]1[C@H]3O. The molecule has 3 N–H and O–H groups in total. The molecular formula is C20H31O4+. The fourth-order valence-electron chi connectivity index (χ4n) is 7.44.